The third kappa shape index (κ3) is 3.86. The summed E-state index contributed by atoms with van der Waals surface area (Å²) in [5.41, 5.74) is -0.179. The minimum atomic E-state index is -0.565. The molecule has 1 amide bonds. The number of carbonyl (C=O) groups excluding carboxylic acids is 1. The lowest BCUT2D eigenvalue weighted by molar-refractivity contribution is -0.384. The number of likely N-dealkylation sites (N-methyl/N-ethyl adjacent to an activating group) is 1. The molecule has 0 aliphatic heterocycles. The Hall–Kier alpha value is -3.42. The van der Waals surface area contributed by atoms with Gasteiger partial charge in [0.25, 0.3) is 11.6 Å². The van der Waals surface area contributed by atoms with E-state index < -0.39 is 10.8 Å². The van der Waals surface area contributed by atoms with E-state index in [1.807, 2.05) is 6.07 Å². The molecular weight excluding hydrogens is 314 g/mol. The van der Waals surface area contributed by atoms with Crippen molar-refractivity contribution in [3.05, 3.63) is 64.2 Å². The minimum absolute atomic E-state index is 0.130. The number of nitro groups is 1. The Balaban J connectivity index is 2.56. The van der Waals surface area contributed by atoms with Crippen LogP contribution in [0.2, 0.25) is 0 Å². The molecule has 0 bridgehead atoms. The second-order valence-corrected chi connectivity index (χ2v) is 4.55. The number of rotatable bonds is 6. The number of para-hydroxylation sites is 1. The van der Waals surface area contributed by atoms with Crippen molar-refractivity contribution in [3.8, 4) is 11.5 Å². The van der Waals surface area contributed by atoms with Crippen molar-refractivity contribution in [2.45, 2.75) is 0 Å². The molecule has 2 rings (SSSR count). The monoisotopic (exact) mass is 329 g/mol. The standard InChI is InChI=1S/C16H15N3O5/c1-17-16(20)15(18-23-2)13-10-11(19(21)22)8-9-14(13)24-12-6-4-3-5-7-12/h3-10H,1-2H3,(H,17,20)/b18-15+. The van der Waals surface area contributed by atoms with Crippen LogP contribution in [-0.2, 0) is 9.63 Å². The first-order valence-electron chi connectivity index (χ1n) is 6.91. The van der Waals surface area contributed by atoms with Gasteiger partial charge in [-0.15, -0.1) is 0 Å². The number of amides is 1. The molecule has 1 N–H and O–H groups in total. The van der Waals surface area contributed by atoms with Gasteiger partial charge in [0.15, 0.2) is 5.71 Å². The number of oxime groups is 1. The van der Waals surface area contributed by atoms with Crippen LogP contribution in [0.3, 0.4) is 0 Å². The summed E-state index contributed by atoms with van der Waals surface area (Å²) >= 11 is 0. The van der Waals surface area contributed by atoms with Gasteiger partial charge in [-0.2, -0.15) is 0 Å². The van der Waals surface area contributed by atoms with E-state index in [9.17, 15) is 14.9 Å². The summed E-state index contributed by atoms with van der Waals surface area (Å²) in [4.78, 5) is 27.2. The molecular formula is C16H15N3O5. The lowest BCUT2D eigenvalue weighted by Crippen LogP contribution is -2.29. The van der Waals surface area contributed by atoms with Crippen LogP contribution in [0.25, 0.3) is 0 Å². The van der Waals surface area contributed by atoms with Gasteiger partial charge in [-0.05, 0) is 18.2 Å². The van der Waals surface area contributed by atoms with E-state index in [0.717, 1.165) is 0 Å². The van der Waals surface area contributed by atoms with E-state index in [1.165, 1.54) is 32.4 Å². The Labute approximate surface area is 137 Å². The maximum Gasteiger partial charge on any atom is 0.273 e. The van der Waals surface area contributed by atoms with Gasteiger partial charge in [0.2, 0.25) is 0 Å². The first-order chi connectivity index (χ1) is 11.6. The van der Waals surface area contributed by atoms with Gasteiger partial charge < -0.3 is 14.9 Å². The van der Waals surface area contributed by atoms with Crippen LogP contribution in [0, 0.1) is 10.1 Å². The molecule has 0 fully saturated rings. The smallest absolute Gasteiger partial charge is 0.273 e. The molecule has 2 aromatic rings. The largest absolute Gasteiger partial charge is 0.457 e. The van der Waals surface area contributed by atoms with Gasteiger partial charge in [0, 0.05) is 19.2 Å². The van der Waals surface area contributed by atoms with E-state index in [4.69, 9.17) is 4.74 Å². The highest BCUT2D eigenvalue weighted by molar-refractivity contribution is 6.45. The summed E-state index contributed by atoms with van der Waals surface area (Å²) < 4.78 is 5.73. The predicted octanol–water partition coefficient (Wildman–Crippen LogP) is 2.48. The number of nitrogens with zero attached hydrogens (tertiary/aromatic N) is 2. The van der Waals surface area contributed by atoms with Gasteiger partial charge in [0.1, 0.15) is 18.6 Å². The molecule has 0 spiro atoms. The molecule has 0 unspecified atom stereocenters. The fourth-order valence-electron chi connectivity index (χ4n) is 1.94. The summed E-state index contributed by atoms with van der Waals surface area (Å²) in [7, 11) is 2.70. The van der Waals surface area contributed by atoms with E-state index in [1.54, 1.807) is 24.3 Å². The molecule has 0 saturated heterocycles. The molecule has 0 atom stereocenters. The quantitative estimate of drug-likeness (QED) is 0.498. The Bertz CT molecular complexity index is 775. The summed E-state index contributed by atoms with van der Waals surface area (Å²) in [5.74, 6) is 0.197. The molecule has 0 saturated carbocycles. The van der Waals surface area contributed by atoms with Crippen molar-refractivity contribution in [2.24, 2.45) is 5.16 Å². The fraction of sp³-hybridized carbons (Fsp3) is 0.125. The Kier molecular flexibility index (Phi) is 5.45. The molecule has 0 radical (unpaired) electrons. The number of non-ortho nitro benzene ring substituents is 1. The number of ether oxygens (including phenoxy) is 1. The van der Waals surface area contributed by atoms with Crippen LogP contribution in [0.1, 0.15) is 5.56 Å². The lowest BCUT2D eigenvalue weighted by atomic mass is 10.1. The molecule has 24 heavy (non-hydrogen) atoms. The molecule has 0 heterocycles. The Morgan fingerprint density at radius 2 is 1.92 bits per heavy atom. The summed E-state index contributed by atoms with van der Waals surface area (Å²) in [6, 6.07) is 12.7. The minimum Gasteiger partial charge on any atom is -0.457 e. The zero-order valence-electron chi connectivity index (χ0n) is 13.1. The van der Waals surface area contributed by atoms with Crippen molar-refractivity contribution in [3.63, 3.8) is 0 Å². The molecule has 0 aliphatic carbocycles. The number of benzene rings is 2. The summed E-state index contributed by atoms with van der Waals surface area (Å²) in [6.45, 7) is 0. The van der Waals surface area contributed by atoms with Crippen LogP contribution in [0.5, 0.6) is 11.5 Å². The van der Waals surface area contributed by atoms with Gasteiger partial charge in [0.05, 0.1) is 10.5 Å². The molecule has 0 aromatic heterocycles. The van der Waals surface area contributed by atoms with Gasteiger partial charge >= 0.3 is 0 Å². The average molecular weight is 329 g/mol. The van der Waals surface area contributed by atoms with E-state index in [0.29, 0.717) is 5.75 Å². The van der Waals surface area contributed by atoms with Crippen molar-refractivity contribution in [1.29, 1.82) is 0 Å². The van der Waals surface area contributed by atoms with Gasteiger partial charge in [-0.3, -0.25) is 14.9 Å². The highest BCUT2D eigenvalue weighted by atomic mass is 16.6. The average Bonchev–Trinajstić information content (AvgIpc) is 2.60. The van der Waals surface area contributed by atoms with Crippen LogP contribution >= 0.6 is 0 Å². The predicted molar refractivity (Wildman–Crippen MR) is 87.2 cm³/mol. The van der Waals surface area contributed by atoms with Gasteiger partial charge in [-0.1, -0.05) is 23.4 Å². The van der Waals surface area contributed by atoms with Crippen LogP contribution in [0.4, 0.5) is 5.69 Å². The Morgan fingerprint density at radius 3 is 2.50 bits per heavy atom. The maximum atomic E-state index is 12.0. The number of hydrogen-bond acceptors (Lipinski definition) is 6. The third-order valence-corrected chi connectivity index (χ3v) is 3.02. The third-order valence-electron chi connectivity index (χ3n) is 3.02. The first-order valence-corrected chi connectivity index (χ1v) is 6.91. The second kappa shape index (κ2) is 7.73. The van der Waals surface area contributed by atoms with Crippen LogP contribution in [-0.4, -0.2) is 30.7 Å². The zero-order valence-corrected chi connectivity index (χ0v) is 13.1. The number of hydrogen-bond donors (Lipinski definition) is 1. The topological polar surface area (TPSA) is 103 Å². The molecule has 2 aromatic carbocycles. The van der Waals surface area contributed by atoms with Crippen molar-refractivity contribution in [1.82, 2.24) is 5.32 Å². The van der Waals surface area contributed by atoms with E-state index >= 15 is 0 Å². The second-order valence-electron chi connectivity index (χ2n) is 4.55. The SMILES string of the molecule is CNC(=O)/C(=N/OC)c1cc([N+](=O)[O-])ccc1Oc1ccccc1. The normalized spacial score (nSPS) is 10.8. The zero-order chi connectivity index (χ0) is 17.5. The van der Waals surface area contributed by atoms with Gasteiger partial charge in [-0.25, -0.2) is 0 Å². The molecule has 0 aliphatic rings. The molecule has 124 valence electrons. The molecule has 8 heteroatoms. The summed E-state index contributed by atoms with van der Waals surface area (Å²) in [6.07, 6.45) is 0. The highest BCUT2D eigenvalue weighted by Crippen LogP contribution is 2.29. The number of nitro benzene ring substituents is 1. The fourth-order valence-corrected chi connectivity index (χ4v) is 1.94. The van der Waals surface area contributed by atoms with Crippen LogP contribution < -0.4 is 10.1 Å². The lowest BCUT2D eigenvalue weighted by Gasteiger charge is -2.12. The summed E-state index contributed by atoms with van der Waals surface area (Å²) in [5, 5.41) is 17.1. The van der Waals surface area contributed by atoms with Crippen molar-refractivity contribution in [2.75, 3.05) is 14.2 Å². The first kappa shape index (κ1) is 16.9. The van der Waals surface area contributed by atoms with Crippen molar-refractivity contribution >= 4 is 17.3 Å². The molecule has 8 nitrogen and oxygen atoms in total. The van der Waals surface area contributed by atoms with E-state index in [-0.39, 0.29) is 22.7 Å². The van der Waals surface area contributed by atoms with E-state index in [2.05, 4.69) is 15.3 Å². The number of carbonyl (C=O) groups is 1. The Morgan fingerprint density at radius 1 is 1.21 bits per heavy atom. The highest BCUT2D eigenvalue weighted by Gasteiger charge is 2.22. The van der Waals surface area contributed by atoms with Crippen LogP contribution in [0.15, 0.2) is 53.7 Å². The maximum absolute atomic E-state index is 12.0. The number of nitrogens with one attached hydrogen (secondary N) is 1. The van der Waals surface area contributed by atoms with Crippen molar-refractivity contribution < 1.29 is 19.3 Å².